The van der Waals surface area contributed by atoms with Crippen LogP contribution in [0.4, 0.5) is 0 Å². The average molecular weight is 169 g/mol. The van der Waals surface area contributed by atoms with E-state index in [4.69, 9.17) is 9.85 Å². The van der Waals surface area contributed by atoms with Crippen LogP contribution in [0.2, 0.25) is 0 Å². The van der Waals surface area contributed by atoms with Gasteiger partial charge >= 0.3 is 0 Å². The Kier molecular flexibility index (Phi) is 1.68. The third-order valence-electron chi connectivity index (χ3n) is 1.30. The molecular formula is C8H10N2O2. The molecule has 1 aromatic rings. The Bertz CT molecular complexity index is 365. The number of ketones is 1. The summed E-state index contributed by atoms with van der Waals surface area (Å²) in [6.45, 7) is -0.176. The molecule has 0 radical (unpaired) electrons. The van der Waals surface area contributed by atoms with Gasteiger partial charge in [-0.05, 0) is 6.07 Å². The number of Topliss-reactive ketones (excluding diaryl/α,β-unsaturated/α-hetero) is 1. The highest BCUT2D eigenvalue weighted by atomic mass is 16.5. The van der Waals surface area contributed by atoms with E-state index in [1.807, 2.05) is 0 Å². The minimum absolute atomic E-state index is 0.0965. The molecule has 12 heavy (non-hydrogen) atoms. The van der Waals surface area contributed by atoms with Crippen molar-refractivity contribution in [3.05, 3.63) is 23.9 Å². The Morgan fingerprint density at radius 3 is 3.33 bits per heavy atom. The predicted molar refractivity (Wildman–Crippen MR) is 44.2 cm³/mol. The van der Waals surface area contributed by atoms with E-state index in [2.05, 4.69) is 9.72 Å². The number of hydrogen-bond donors (Lipinski definition) is 1. The third-order valence-corrected chi connectivity index (χ3v) is 1.30. The molecule has 0 saturated heterocycles. The van der Waals surface area contributed by atoms with E-state index < -0.39 is 7.04 Å². The average Bonchev–Trinajstić information content (AvgIpc) is 2.14. The highest BCUT2D eigenvalue weighted by molar-refractivity contribution is 5.95. The molecular weight excluding hydrogens is 156 g/mol. The molecule has 0 fully saturated rings. The number of nitrogens with two attached hydrogens (primary N) is 1. The molecule has 4 heteroatoms. The number of rotatable bonds is 3. The minimum atomic E-state index is -2.57. The molecule has 1 heterocycles. The molecule has 0 saturated carbocycles. The topological polar surface area (TPSA) is 65.2 Å². The fraction of sp³-hybridized carbons (Fsp3) is 0.250. The van der Waals surface area contributed by atoms with Crippen molar-refractivity contribution in [2.45, 2.75) is 0 Å². The van der Waals surface area contributed by atoms with Gasteiger partial charge in [-0.25, -0.2) is 4.98 Å². The molecule has 64 valence electrons. The lowest BCUT2D eigenvalue weighted by Crippen LogP contribution is -2.15. The summed E-state index contributed by atoms with van der Waals surface area (Å²) >= 11 is 0. The van der Waals surface area contributed by atoms with Gasteiger partial charge in [0, 0.05) is 6.07 Å². The van der Waals surface area contributed by atoms with E-state index >= 15 is 0 Å². The van der Waals surface area contributed by atoms with Crippen LogP contribution in [-0.4, -0.2) is 24.3 Å². The van der Waals surface area contributed by atoms with E-state index in [0.717, 1.165) is 0 Å². The molecule has 0 unspecified atom stereocenters. The van der Waals surface area contributed by atoms with Gasteiger partial charge in [0.15, 0.2) is 5.78 Å². The summed E-state index contributed by atoms with van der Waals surface area (Å²) in [4.78, 5) is 14.9. The van der Waals surface area contributed by atoms with Gasteiger partial charge in [0.1, 0.15) is 5.69 Å². The molecule has 1 rings (SSSR count). The lowest BCUT2D eigenvalue weighted by atomic mass is 10.2. The molecule has 0 aliphatic carbocycles. The monoisotopic (exact) mass is 169 g/mol. The molecule has 0 spiro atoms. The fourth-order valence-electron chi connectivity index (χ4n) is 0.732. The first-order chi connectivity index (χ1) is 6.92. The van der Waals surface area contributed by atoms with Crippen molar-refractivity contribution in [3.8, 4) is 5.88 Å². The number of nitrogens with zero attached hydrogens (tertiary/aromatic N) is 1. The first-order valence-electron chi connectivity index (χ1n) is 4.82. The van der Waals surface area contributed by atoms with Crippen molar-refractivity contribution in [3.63, 3.8) is 0 Å². The number of hydrogen-bond acceptors (Lipinski definition) is 4. The van der Waals surface area contributed by atoms with E-state index in [1.54, 1.807) is 0 Å². The number of aromatic nitrogens is 1. The molecule has 0 aliphatic rings. The summed E-state index contributed by atoms with van der Waals surface area (Å²) in [5, 5.41) is 0. The van der Waals surface area contributed by atoms with Gasteiger partial charge in [-0.3, -0.25) is 4.79 Å². The molecule has 2 N–H and O–H groups in total. The maximum atomic E-state index is 11.1. The number of carbonyl (C=O) groups excluding carboxylic acids is 1. The number of ether oxygens (including phenoxy) is 1. The second kappa shape index (κ2) is 3.82. The van der Waals surface area contributed by atoms with E-state index in [-0.39, 0.29) is 23.9 Å². The molecule has 1 aromatic heterocycles. The molecule has 0 aromatic carbocycles. The SMILES string of the molecule is [2H]C([2H])([2H])Oc1cccc(C(=O)CN)n1. The lowest BCUT2D eigenvalue weighted by molar-refractivity contribution is 0.0996. The van der Waals surface area contributed by atoms with E-state index in [9.17, 15) is 4.79 Å². The first-order valence-corrected chi connectivity index (χ1v) is 3.32. The third kappa shape index (κ3) is 1.79. The molecule has 0 aliphatic heterocycles. The van der Waals surface area contributed by atoms with Gasteiger partial charge in [0.25, 0.3) is 0 Å². The van der Waals surface area contributed by atoms with Gasteiger partial charge in [0.2, 0.25) is 5.88 Å². The van der Waals surface area contributed by atoms with E-state index in [0.29, 0.717) is 0 Å². The highest BCUT2D eigenvalue weighted by Crippen LogP contribution is 2.06. The molecule has 0 bridgehead atoms. The molecule has 4 nitrogen and oxygen atoms in total. The quantitative estimate of drug-likeness (QED) is 0.658. The summed E-state index contributed by atoms with van der Waals surface area (Å²) in [5.74, 6) is -0.486. The second-order valence-electron chi connectivity index (χ2n) is 2.09. The Hall–Kier alpha value is -1.42. The smallest absolute Gasteiger partial charge is 0.213 e. The summed E-state index contributed by atoms with van der Waals surface area (Å²) in [6, 6.07) is 4.29. The van der Waals surface area contributed by atoms with Gasteiger partial charge in [-0.2, -0.15) is 0 Å². The van der Waals surface area contributed by atoms with E-state index in [1.165, 1.54) is 18.2 Å². The number of methoxy groups -OCH3 is 1. The minimum Gasteiger partial charge on any atom is -0.481 e. The maximum absolute atomic E-state index is 11.1. The van der Waals surface area contributed by atoms with Crippen LogP contribution >= 0.6 is 0 Å². The van der Waals surface area contributed by atoms with Crippen LogP contribution in [0.15, 0.2) is 18.2 Å². The van der Waals surface area contributed by atoms with Crippen molar-refractivity contribution in [1.29, 1.82) is 0 Å². The first kappa shape index (κ1) is 5.27. The van der Waals surface area contributed by atoms with Gasteiger partial charge in [0.05, 0.1) is 17.7 Å². The standard InChI is InChI=1S/C8H10N2O2/c1-12-8-4-2-3-6(10-8)7(11)5-9/h2-4H,5,9H2,1H3/i1D3. The summed E-state index contributed by atoms with van der Waals surface area (Å²) in [6.07, 6.45) is 0. The normalized spacial score (nSPS) is 14.2. The van der Waals surface area contributed by atoms with Crippen LogP contribution in [0.3, 0.4) is 0 Å². The van der Waals surface area contributed by atoms with Crippen LogP contribution in [-0.2, 0) is 0 Å². The zero-order valence-corrected chi connectivity index (χ0v) is 6.28. The Morgan fingerprint density at radius 1 is 1.83 bits per heavy atom. The summed E-state index contributed by atoms with van der Waals surface area (Å²) in [7, 11) is -2.57. The zero-order chi connectivity index (χ0) is 11.5. The van der Waals surface area contributed by atoms with Crippen molar-refractivity contribution in [2.24, 2.45) is 5.73 Å². The van der Waals surface area contributed by atoms with Crippen molar-refractivity contribution < 1.29 is 13.6 Å². The van der Waals surface area contributed by atoms with Crippen molar-refractivity contribution >= 4 is 5.78 Å². The van der Waals surface area contributed by atoms with Crippen LogP contribution in [0, 0.1) is 0 Å². The Morgan fingerprint density at radius 2 is 2.67 bits per heavy atom. The van der Waals surface area contributed by atoms with Crippen LogP contribution in [0.1, 0.15) is 14.6 Å². The van der Waals surface area contributed by atoms with Gasteiger partial charge in [-0.1, -0.05) is 6.07 Å². The van der Waals surface area contributed by atoms with Gasteiger partial charge in [-0.15, -0.1) is 0 Å². The largest absolute Gasteiger partial charge is 0.481 e. The zero-order valence-electron chi connectivity index (χ0n) is 9.28. The predicted octanol–water partition coefficient (Wildman–Crippen LogP) is 0.232. The maximum Gasteiger partial charge on any atom is 0.213 e. The van der Waals surface area contributed by atoms with Gasteiger partial charge < -0.3 is 10.5 Å². The summed E-state index contributed by atoms with van der Waals surface area (Å²) < 4.78 is 25.1. The Labute approximate surface area is 74.6 Å². The van der Waals surface area contributed by atoms with Crippen LogP contribution in [0.5, 0.6) is 5.88 Å². The van der Waals surface area contributed by atoms with Crippen molar-refractivity contribution in [1.82, 2.24) is 4.98 Å². The van der Waals surface area contributed by atoms with Crippen LogP contribution in [0.25, 0.3) is 0 Å². The number of pyridine rings is 1. The summed E-state index contributed by atoms with van der Waals surface area (Å²) in [5.41, 5.74) is 5.24. The highest BCUT2D eigenvalue weighted by Gasteiger charge is 2.04. The second-order valence-corrected chi connectivity index (χ2v) is 2.09. The van der Waals surface area contributed by atoms with Crippen LogP contribution < -0.4 is 10.5 Å². The molecule has 0 atom stereocenters. The number of carbonyl (C=O) groups is 1. The Balaban J connectivity index is 2.88. The lowest BCUT2D eigenvalue weighted by Gasteiger charge is -2.00. The fourth-order valence-corrected chi connectivity index (χ4v) is 0.732. The van der Waals surface area contributed by atoms with Crippen molar-refractivity contribution in [2.75, 3.05) is 13.6 Å². The molecule has 0 amide bonds.